The van der Waals surface area contributed by atoms with E-state index in [9.17, 15) is 10.1 Å². The molecular formula is C17H17N3O2. The van der Waals surface area contributed by atoms with Crippen LogP contribution >= 0.6 is 0 Å². The number of hydrogen-bond donors (Lipinski definition) is 2. The summed E-state index contributed by atoms with van der Waals surface area (Å²) in [7, 11) is 0. The van der Waals surface area contributed by atoms with Crippen molar-refractivity contribution in [3.05, 3.63) is 76.0 Å². The normalized spacial score (nSPS) is 10.9. The van der Waals surface area contributed by atoms with E-state index >= 15 is 0 Å². The number of hydrogen-bond acceptors (Lipinski definition) is 3. The van der Waals surface area contributed by atoms with E-state index in [0.717, 1.165) is 24.0 Å². The summed E-state index contributed by atoms with van der Waals surface area (Å²) in [6.07, 6.45) is 3.00. The lowest BCUT2D eigenvalue weighted by Crippen LogP contribution is -2.16. The number of para-hydroxylation sites is 1. The number of aromatic amines is 1. The van der Waals surface area contributed by atoms with E-state index in [4.69, 9.17) is 0 Å². The van der Waals surface area contributed by atoms with Crippen molar-refractivity contribution in [3.8, 4) is 0 Å². The number of nitrogens with zero attached hydrogens (tertiary/aromatic N) is 1. The molecule has 0 saturated carbocycles. The van der Waals surface area contributed by atoms with Gasteiger partial charge >= 0.3 is 0 Å². The average molecular weight is 295 g/mol. The zero-order valence-electron chi connectivity index (χ0n) is 12.1. The first-order chi connectivity index (χ1) is 10.7. The van der Waals surface area contributed by atoms with E-state index in [-0.39, 0.29) is 10.6 Å². The first-order valence-corrected chi connectivity index (χ1v) is 7.23. The van der Waals surface area contributed by atoms with E-state index in [2.05, 4.69) is 28.6 Å². The van der Waals surface area contributed by atoms with Gasteiger partial charge in [-0.05, 0) is 30.2 Å². The van der Waals surface area contributed by atoms with Crippen LogP contribution in [0.25, 0.3) is 10.9 Å². The number of H-pyrrole nitrogens is 1. The van der Waals surface area contributed by atoms with Crippen LogP contribution in [-0.4, -0.2) is 16.5 Å². The molecule has 22 heavy (non-hydrogen) atoms. The van der Waals surface area contributed by atoms with Crippen LogP contribution < -0.4 is 5.32 Å². The van der Waals surface area contributed by atoms with Gasteiger partial charge in [-0.1, -0.05) is 30.3 Å². The average Bonchev–Trinajstić information content (AvgIpc) is 2.95. The lowest BCUT2D eigenvalue weighted by molar-refractivity contribution is -0.384. The van der Waals surface area contributed by atoms with Crippen LogP contribution in [0, 0.1) is 10.1 Å². The Hall–Kier alpha value is -2.66. The molecule has 0 aliphatic rings. The summed E-state index contributed by atoms with van der Waals surface area (Å²) in [5.41, 5.74) is 3.63. The first kappa shape index (κ1) is 14.3. The fourth-order valence-electron chi connectivity index (χ4n) is 2.53. The fraction of sp³-hybridized carbons (Fsp3) is 0.176. The van der Waals surface area contributed by atoms with Crippen molar-refractivity contribution in [1.29, 1.82) is 0 Å². The molecule has 1 heterocycles. The highest BCUT2D eigenvalue weighted by Crippen LogP contribution is 2.17. The number of fused-ring (bicyclic) bond motifs is 1. The molecule has 0 bridgehead atoms. The van der Waals surface area contributed by atoms with E-state index in [1.165, 1.54) is 23.1 Å². The molecular weight excluding hydrogens is 278 g/mol. The van der Waals surface area contributed by atoms with Crippen LogP contribution in [0.3, 0.4) is 0 Å². The Balaban J connectivity index is 1.52. The second kappa shape index (κ2) is 6.41. The minimum absolute atomic E-state index is 0.127. The van der Waals surface area contributed by atoms with E-state index in [1.54, 1.807) is 12.1 Å². The first-order valence-electron chi connectivity index (χ1n) is 7.23. The van der Waals surface area contributed by atoms with Crippen LogP contribution in [0.1, 0.15) is 11.1 Å². The molecule has 112 valence electrons. The summed E-state index contributed by atoms with van der Waals surface area (Å²) in [5, 5.41) is 15.2. The third-order valence-electron chi connectivity index (χ3n) is 3.72. The number of nitro groups is 1. The smallest absolute Gasteiger partial charge is 0.269 e. The zero-order valence-corrected chi connectivity index (χ0v) is 12.1. The van der Waals surface area contributed by atoms with Crippen molar-refractivity contribution >= 4 is 16.6 Å². The number of non-ortho nitro benzene ring substituents is 1. The van der Waals surface area contributed by atoms with Gasteiger partial charge in [0.25, 0.3) is 5.69 Å². The summed E-state index contributed by atoms with van der Waals surface area (Å²) < 4.78 is 0. The monoisotopic (exact) mass is 295 g/mol. The quantitative estimate of drug-likeness (QED) is 0.416. The van der Waals surface area contributed by atoms with Gasteiger partial charge in [-0.15, -0.1) is 0 Å². The number of nitro benzene ring substituents is 1. The Kier molecular flexibility index (Phi) is 4.16. The molecule has 0 radical (unpaired) electrons. The maximum absolute atomic E-state index is 10.6. The standard InChI is InChI=1S/C17H17N3O2/c21-20(22)15-7-5-13(6-8-15)11-18-10-9-14-12-19-17-4-2-1-3-16(14)17/h1-8,12,18-19H,9-11H2. The Morgan fingerprint density at radius 2 is 1.86 bits per heavy atom. The molecule has 5 heteroatoms. The van der Waals surface area contributed by atoms with Gasteiger partial charge in [0.1, 0.15) is 0 Å². The number of aromatic nitrogens is 1. The molecule has 0 aliphatic carbocycles. The molecule has 0 saturated heterocycles. The van der Waals surface area contributed by atoms with Crippen molar-refractivity contribution in [2.45, 2.75) is 13.0 Å². The van der Waals surface area contributed by atoms with Gasteiger partial charge in [-0.25, -0.2) is 0 Å². The second-order valence-corrected chi connectivity index (χ2v) is 5.21. The third kappa shape index (κ3) is 3.15. The minimum atomic E-state index is -0.381. The highest BCUT2D eigenvalue weighted by molar-refractivity contribution is 5.83. The van der Waals surface area contributed by atoms with Crippen LogP contribution in [0.2, 0.25) is 0 Å². The lowest BCUT2D eigenvalue weighted by atomic mass is 10.1. The summed E-state index contributed by atoms with van der Waals surface area (Å²) in [6, 6.07) is 14.9. The molecule has 0 unspecified atom stereocenters. The predicted octanol–water partition coefficient (Wildman–Crippen LogP) is 3.41. The Bertz CT molecular complexity index is 778. The van der Waals surface area contributed by atoms with Crippen molar-refractivity contribution in [2.75, 3.05) is 6.54 Å². The molecule has 2 N–H and O–H groups in total. The van der Waals surface area contributed by atoms with Crippen LogP contribution in [0.5, 0.6) is 0 Å². The molecule has 3 aromatic rings. The SMILES string of the molecule is O=[N+]([O-])c1ccc(CNCCc2c[nH]c3ccccc23)cc1. The lowest BCUT2D eigenvalue weighted by Gasteiger charge is -2.04. The molecule has 5 nitrogen and oxygen atoms in total. The van der Waals surface area contributed by atoms with Gasteiger partial charge in [-0.3, -0.25) is 10.1 Å². The minimum Gasteiger partial charge on any atom is -0.361 e. The molecule has 0 aliphatic heterocycles. The molecule has 0 fully saturated rings. The number of rotatable bonds is 6. The van der Waals surface area contributed by atoms with Gasteiger partial charge in [0, 0.05) is 35.8 Å². The van der Waals surface area contributed by atoms with Gasteiger partial charge in [-0.2, -0.15) is 0 Å². The molecule has 1 aromatic heterocycles. The molecule has 2 aromatic carbocycles. The van der Waals surface area contributed by atoms with Gasteiger partial charge in [0.05, 0.1) is 4.92 Å². The fourth-order valence-corrected chi connectivity index (χ4v) is 2.53. The van der Waals surface area contributed by atoms with E-state index in [0.29, 0.717) is 6.54 Å². The van der Waals surface area contributed by atoms with E-state index in [1.807, 2.05) is 12.1 Å². The maximum Gasteiger partial charge on any atom is 0.269 e. The van der Waals surface area contributed by atoms with Gasteiger partial charge < -0.3 is 10.3 Å². The Morgan fingerprint density at radius 3 is 2.64 bits per heavy atom. The Morgan fingerprint density at radius 1 is 1.09 bits per heavy atom. The predicted molar refractivity (Wildman–Crippen MR) is 86.8 cm³/mol. The van der Waals surface area contributed by atoms with Crippen molar-refractivity contribution in [3.63, 3.8) is 0 Å². The maximum atomic E-state index is 10.6. The number of nitrogens with one attached hydrogen (secondary N) is 2. The summed E-state index contributed by atoms with van der Waals surface area (Å²) >= 11 is 0. The van der Waals surface area contributed by atoms with Gasteiger partial charge in [0.15, 0.2) is 0 Å². The van der Waals surface area contributed by atoms with Crippen LogP contribution in [0.15, 0.2) is 54.7 Å². The van der Waals surface area contributed by atoms with Crippen molar-refractivity contribution in [2.24, 2.45) is 0 Å². The summed E-state index contributed by atoms with van der Waals surface area (Å²) in [5.74, 6) is 0. The van der Waals surface area contributed by atoms with Crippen LogP contribution in [-0.2, 0) is 13.0 Å². The van der Waals surface area contributed by atoms with Crippen molar-refractivity contribution < 1.29 is 4.92 Å². The molecule has 0 amide bonds. The third-order valence-corrected chi connectivity index (χ3v) is 3.72. The Labute approximate surface area is 128 Å². The van der Waals surface area contributed by atoms with E-state index < -0.39 is 0 Å². The topological polar surface area (TPSA) is 71.0 Å². The van der Waals surface area contributed by atoms with Crippen LogP contribution in [0.4, 0.5) is 5.69 Å². The van der Waals surface area contributed by atoms with Gasteiger partial charge in [0.2, 0.25) is 0 Å². The highest BCUT2D eigenvalue weighted by atomic mass is 16.6. The molecule has 0 atom stereocenters. The molecule has 0 spiro atoms. The summed E-state index contributed by atoms with van der Waals surface area (Å²) in [6.45, 7) is 1.57. The largest absolute Gasteiger partial charge is 0.361 e. The van der Waals surface area contributed by atoms with Crippen molar-refractivity contribution in [1.82, 2.24) is 10.3 Å². The highest BCUT2D eigenvalue weighted by Gasteiger charge is 2.04. The summed E-state index contributed by atoms with van der Waals surface area (Å²) in [4.78, 5) is 13.5. The second-order valence-electron chi connectivity index (χ2n) is 5.21. The molecule has 3 rings (SSSR count). The number of benzene rings is 2. The zero-order chi connectivity index (χ0) is 15.4.